The number of aryl methyl sites for hydroxylation is 1. The Hall–Kier alpha value is -2.54. The molecule has 5 nitrogen and oxygen atoms in total. The number of para-hydroxylation sites is 1. The minimum Gasteiger partial charge on any atom is -0.324 e. The molecule has 29 heavy (non-hydrogen) atoms. The van der Waals surface area contributed by atoms with Crippen molar-refractivity contribution in [3.8, 4) is 0 Å². The molecule has 0 aliphatic carbocycles. The highest BCUT2D eigenvalue weighted by Crippen LogP contribution is 2.46. The number of hydrogen-bond donors (Lipinski definition) is 1. The maximum atomic E-state index is 13.3. The normalized spacial score (nSPS) is 18.3. The molecule has 0 aromatic heterocycles. The Morgan fingerprint density at radius 3 is 2.52 bits per heavy atom. The smallest absolute Gasteiger partial charge is 0.321 e. The molecule has 0 radical (unpaired) electrons. The average Bonchev–Trinajstić information content (AvgIpc) is 3.05. The van der Waals surface area contributed by atoms with Gasteiger partial charge in [0.25, 0.3) is 0 Å². The van der Waals surface area contributed by atoms with E-state index in [1.807, 2.05) is 29.2 Å². The number of anilines is 2. The summed E-state index contributed by atoms with van der Waals surface area (Å²) in [5, 5.41) is 3.03. The minimum absolute atomic E-state index is 0.0383. The molecule has 2 aromatic carbocycles. The molecule has 1 N–H and O–H groups in total. The second kappa shape index (κ2) is 8.06. The standard InChI is InChI=1S/C22H24FN3O2S/c1-2-16-5-3-4-6-19(16)24-21(28)25-13-11-22(12-14-25)26(20(27)15-29-22)18-9-7-17(23)8-10-18/h3-10H,2,11-15H2,1H3,(H,24,28). The fraction of sp³-hybridized carbons (Fsp3) is 0.364. The van der Waals surface area contributed by atoms with Gasteiger partial charge in [0.2, 0.25) is 5.91 Å². The van der Waals surface area contributed by atoms with E-state index in [0.29, 0.717) is 31.7 Å². The zero-order chi connectivity index (χ0) is 20.4. The Balaban J connectivity index is 1.46. The van der Waals surface area contributed by atoms with Crippen molar-refractivity contribution in [1.29, 1.82) is 0 Å². The molecule has 3 amide bonds. The number of halogens is 1. The molecule has 2 saturated heterocycles. The Labute approximate surface area is 174 Å². The van der Waals surface area contributed by atoms with E-state index >= 15 is 0 Å². The molecule has 7 heteroatoms. The first-order valence-electron chi connectivity index (χ1n) is 9.89. The van der Waals surface area contributed by atoms with E-state index < -0.39 is 0 Å². The summed E-state index contributed by atoms with van der Waals surface area (Å²) in [5.41, 5.74) is 2.67. The lowest BCUT2D eigenvalue weighted by Crippen LogP contribution is -2.53. The Morgan fingerprint density at radius 2 is 1.83 bits per heavy atom. The predicted molar refractivity (Wildman–Crippen MR) is 115 cm³/mol. The van der Waals surface area contributed by atoms with Gasteiger partial charge in [0.1, 0.15) is 5.82 Å². The van der Waals surface area contributed by atoms with Crippen molar-refractivity contribution in [1.82, 2.24) is 4.90 Å². The van der Waals surface area contributed by atoms with Gasteiger partial charge in [-0.3, -0.25) is 9.69 Å². The van der Waals surface area contributed by atoms with Gasteiger partial charge >= 0.3 is 6.03 Å². The van der Waals surface area contributed by atoms with Crippen molar-refractivity contribution in [2.45, 2.75) is 31.1 Å². The second-order valence-electron chi connectivity index (χ2n) is 7.37. The molecule has 152 valence electrons. The van der Waals surface area contributed by atoms with Gasteiger partial charge in [-0.05, 0) is 55.2 Å². The van der Waals surface area contributed by atoms with E-state index in [-0.39, 0.29) is 22.6 Å². The van der Waals surface area contributed by atoms with Crippen molar-refractivity contribution in [3.63, 3.8) is 0 Å². The number of urea groups is 1. The highest BCUT2D eigenvalue weighted by molar-refractivity contribution is 8.02. The third-order valence-electron chi connectivity index (χ3n) is 5.68. The van der Waals surface area contributed by atoms with E-state index in [1.165, 1.54) is 12.1 Å². The predicted octanol–water partition coefficient (Wildman–Crippen LogP) is 4.49. The zero-order valence-electron chi connectivity index (χ0n) is 16.4. The Bertz CT molecular complexity index is 911. The van der Waals surface area contributed by atoms with Crippen molar-refractivity contribution in [2.24, 2.45) is 0 Å². The summed E-state index contributed by atoms with van der Waals surface area (Å²) in [6, 6.07) is 13.8. The molecule has 2 heterocycles. The number of hydrogen-bond acceptors (Lipinski definition) is 3. The molecular formula is C22H24FN3O2S. The molecule has 2 aliphatic heterocycles. The summed E-state index contributed by atoms with van der Waals surface area (Å²) in [6.07, 6.45) is 2.22. The van der Waals surface area contributed by atoms with E-state index in [1.54, 1.807) is 28.8 Å². The highest BCUT2D eigenvalue weighted by atomic mass is 32.2. The summed E-state index contributed by atoms with van der Waals surface area (Å²) >= 11 is 1.63. The lowest BCUT2D eigenvalue weighted by Gasteiger charge is -2.43. The molecule has 1 spiro atoms. The molecule has 2 aliphatic rings. The van der Waals surface area contributed by atoms with Gasteiger partial charge in [0.15, 0.2) is 0 Å². The number of piperidine rings is 1. The number of benzene rings is 2. The first kappa shape index (κ1) is 19.8. The molecular weight excluding hydrogens is 389 g/mol. The van der Waals surface area contributed by atoms with Crippen LogP contribution in [0.15, 0.2) is 48.5 Å². The largest absolute Gasteiger partial charge is 0.324 e. The number of nitrogens with zero attached hydrogens (tertiary/aromatic N) is 2. The van der Waals surface area contributed by atoms with Crippen LogP contribution in [0.5, 0.6) is 0 Å². The SMILES string of the molecule is CCc1ccccc1NC(=O)N1CCC2(CC1)SCC(=O)N2c1ccc(F)cc1. The van der Waals surface area contributed by atoms with Crippen molar-refractivity contribution >= 4 is 35.1 Å². The Morgan fingerprint density at radius 1 is 1.14 bits per heavy atom. The van der Waals surface area contributed by atoms with Crippen LogP contribution in [0.2, 0.25) is 0 Å². The van der Waals surface area contributed by atoms with Crippen LogP contribution >= 0.6 is 11.8 Å². The lowest BCUT2D eigenvalue weighted by molar-refractivity contribution is -0.116. The van der Waals surface area contributed by atoms with Crippen LogP contribution in [0.3, 0.4) is 0 Å². The van der Waals surface area contributed by atoms with Gasteiger partial charge in [-0.25, -0.2) is 9.18 Å². The number of nitrogens with one attached hydrogen (secondary N) is 1. The van der Waals surface area contributed by atoms with Gasteiger partial charge in [0, 0.05) is 24.5 Å². The fourth-order valence-corrected chi connectivity index (χ4v) is 5.42. The van der Waals surface area contributed by atoms with Crippen molar-refractivity contribution < 1.29 is 14.0 Å². The third-order valence-corrected chi connectivity index (χ3v) is 7.20. The molecule has 0 bridgehead atoms. The number of thioether (sulfide) groups is 1. The maximum Gasteiger partial charge on any atom is 0.321 e. The van der Waals surface area contributed by atoms with Crippen LogP contribution in [-0.4, -0.2) is 40.6 Å². The monoisotopic (exact) mass is 413 g/mol. The van der Waals surface area contributed by atoms with Gasteiger partial charge in [-0.15, -0.1) is 11.8 Å². The van der Waals surface area contributed by atoms with Crippen LogP contribution in [0, 0.1) is 5.82 Å². The van der Waals surface area contributed by atoms with E-state index in [4.69, 9.17) is 0 Å². The van der Waals surface area contributed by atoms with Gasteiger partial charge < -0.3 is 10.2 Å². The third kappa shape index (κ3) is 3.83. The van der Waals surface area contributed by atoms with Crippen molar-refractivity contribution in [3.05, 3.63) is 59.9 Å². The highest BCUT2D eigenvalue weighted by Gasteiger charge is 2.49. The van der Waals surface area contributed by atoms with E-state index in [9.17, 15) is 14.0 Å². The number of carbonyl (C=O) groups is 2. The molecule has 0 unspecified atom stereocenters. The number of rotatable bonds is 3. The van der Waals surface area contributed by atoms with Gasteiger partial charge in [0.05, 0.1) is 10.6 Å². The summed E-state index contributed by atoms with van der Waals surface area (Å²) in [5.74, 6) is 0.130. The topological polar surface area (TPSA) is 52.7 Å². The molecule has 0 atom stereocenters. The van der Waals surface area contributed by atoms with Crippen molar-refractivity contribution in [2.75, 3.05) is 29.1 Å². The fourth-order valence-electron chi connectivity index (χ4n) is 4.09. The summed E-state index contributed by atoms with van der Waals surface area (Å²) < 4.78 is 13.3. The summed E-state index contributed by atoms with van der Waals surface area (Å²) in [7, 11) is 0. The second-order valence-corrected chi connectivity index (χ2v) is 8.71. The first-order chi connectivity index (χ1) is 14.0. The number of carbonyl (C=O) groups excluding carboxylic acids is 2. The van der Waals surface area contributed by atoms with Crippen LogP contribution in [-0.2, 0) is 11.2 Å². The quantitative estimate of drug-likeness (QED) is 0.807. The molecule has 2 fully saturated rings. The van der Waals surface area contributed by atoms with Gasteiger partial charge in [-0.2, -0.15) is 0 Å². The number of likely N-dealkylation sites (tertiary alicyclic amines) is 1. The summed E-state index contributed by atoms with van der Waals surface area (Å²) in [6.45, 7) is 3.20. The van der Waals surface area contributed by atoms with Crippen LogP contribution < -0.4 is 10.2 Å². The maximum absolute atomic E-state index is 13.3. The van der Waals surface area contributed by atoms with Crippen LogP contribution in [0.1, 0.15) is 25.3 Å². The average molecular weight is 414 g/mol. The number of amides is 3. The first-order valence-corrected chi connectivity index (χ1v) is 10.9. The summed E-state index contributed by atoms with van der Waals surface area (Å²) in [4.78, 5) is 28.6. The molecule has 4 rings (SSSR count). The minimum atomic E-state index is -0.368. The van der Waals surface area contributed by atoms with Crippen LogP contribution in [0.25, 0.3) is 0 Å². The molecule has 2 aromatic rings. The van der Waals surface area contributed by atoms with Crippen LogP contribution in [0.4, 0.5) is 20.6 Å². The lowest BCUT2D eigenvalue weighted by atomic mass is 10.0. The van der Waals surface area contributed by atoms with Gasteiger partial charge in [-0.1, -0.05) is 25.1 Å². The van der Waals surface area contributed by atoms with E-state index in [0.717, 1.165) is 23.4 Å². The zero-order valence-corrected chi connectivity index (χ0v) is 17.2. The Kier molecular flexibility index (Phi) is 5.50. The molecule has 0 saturated carbocycles. The van der Waals surface area contributed by atoms with E-state index in [2.05, 4.69) is 12.2 Å².